The quantitative estimate of drug-likeness (QED) is 0.726. The predicted octanol–water partition coefficient (Wildman–Crippen LogP) is 2.28. The van der Waals surface area contributed by atoms with E-state index in [1.54, 1.807) is 24.3 Å². The number of methoxy groups -OCH3 is 1. The molecule has 1 N–H and O–H groups in total. The first kappa shape index (κ1) is 15.4. The maximum absolute atomic E-state index is 12.7. The van der Waals surface area contributed by atoms with Crippen molar-refractivity contribution in [3.63, 3.8) is 0 Å². The van der Waals surface area contributed by atoms with Gasteiger partial charge in [-0.3, -0.25) is 4.72 Å². The Morgan fingerprint density at radius 1 is 1.13 bits per heavy atom. The molecule has 0 atom stereocenters. The van der Waals surface area contributed by atoms with E-state index in [9.17, 15) is 13.2 Å². The predicted molar refractivity (Wildman–Crippen MR) is 86.0 cm³/mol. The number of nitrogens with one attached hydrogen (secondary N) is 1. The van der Waals surface area contributed by atoms with Crippen LogP contribution in [0.4, 0.5) is 5.69 Å². The zero-order valence-corrected chi connectivity index (χ0v) is 13.5. The zero-order valence-electron chi connectivity index (χ0n) is 11.9. The number of nitrogens with zero attached hydrogens (tertiary/aromatic N) is 2. The molecule has 0 amide bonds. The van der Waals surface area contributed by atoms with Crippen molar-refractivity contribution >= 4 is 44.4 Å². The minimum absolute atomic E-state index is 0.00317. The maximum Gasteiger partial charge on any atom is 0.339 e. The van der Waals surface area contributed by atoms with Gasteiger partial charge < -0.3 is 4.74 Å². The SMILES string of the molecule is COC(=O)c1ccccc1NS(=O)(=O)c1cccc2nsnc12. The molecule has 0 fully saturated rings. The fraction of sp³-hybridized carbons (Fsp3) is 0.0714. The summed E-state index contributed by atoms with van der Waals surface area (Å²) >= 11 is 0.935. The summed E-state index contributed by atoms with van der Waals surface area (Å²) in [4.78, 5) is 11.8. The highest BCUT2D eigenvalue weighted by atomic mass is 32.2. The van der Waals surface area contributed by atoms with Gasteiger partial charge >= 0.3 is 5.97 Å². The summed E-state index contributed by atoms with van der Waals surface area (Å²) < 4.78 is 40.4. The molecule has 7 nitrogen and oxygen atoms in total. The highest BCUT2D eigenvalue weighted by Gasteiger charge is 2.22. The van der Waals surface area contributed by atoms with E-state index in [0.29, 0.717) is 11.0 Å². The molecule has 0 aliphatic heterocycles. The Hall–Kier alpha value is -2.52. The number of sulfonamides is 1. The molecule has 0 bridgehead atoms. The van der Waals surface area contributed by atoms with Crippen LogP contribution < -0.4 is 4.72 Å². The molecule has 2 aromatic carbocycles. The van der Waals surface area contributed by atoms with Gasteiger partial charge in [0.1, 0.15) is 15.9 Å². The van der Waals surface area contributed by atoms with Crippen LogP contribution in [0.25, 0.3) is 11.0 Å². The van der Waals surface area contributed by atoms with Crippen molar-refractivity contribution in [1.29, 1.82) is 0 Å². The molecule has 9 heteroatoms. The Bertz CT molecular complexity index is 982. The van der Waals surface area contributed by atoms with Gasteiger partial charge in [-0.1, -0.05) is 18.2 Å². The lowest BCUT2D eigenvalue weighted by molar-refractivity contribution is 0.0602. The first-order valence-corrected chi connectivity index (χ1v) is 8.66. The number of carbonyl (C=O) groups excluding carboxylic acids is 1. The largest absolute Gasteiger partial charge is 0.465 e. The number of fused-ring (bicyclic) bond motifs is 1. The third kappa shape index (κ3) is 2.88. The van der Waals surface area contributed by atoms with Crippen molar-refractivity contribution < 1.29 is 17.9 Å². The molecule has 0 unspecified atom stereocenters. The third-order valence-corrected chi connectivity index (χ3v) is 5.05. The summed E-state index contributed by atoms with van der Waals surface area (Å²) in [6, 6.07) is 10.9. The minimum atomic E-state index is -3.93. The third-order valence-electron chi connectivity index (χ3n) is 3.12. The van der Waals surface area contributed by atoms with Gasteiger partial charge in [0.2, 0.25) is 0 Å². The molecule has 0 spiro atoms. The molecule has 0 radical (unpaired) electrons. The van der Waals surface area contributed by atoms with Crippen LogP contribution in [0, 0.1) is 0 Å². The number of benzene rings is 2. The van der Waals surface area contributed by atoms with Crippen LogP contribution in [-0.4, -0.2) is 30.2 Å². The molecular formula is C14H11N3O4S2. The molecule has 3 rings (SSSR count). The van der Waals surface area contributed by atoms with Crippen molar-refractivity contribution in [2.75, 3.05) is 11.8 Å². The summed E-state index contributed by atoms with van der Waals surface area (Å²) in [7, 11) is -2.70. The number of aromatic nitrogens is 2. The van der Waals surface area contributed by atoms with Gasteiger partial charge in [0.25, 0.3) is 10.0 Å². The Morgan fingerprint density at radius 2 is 1.91 bits per heavy atom. The van der Waals surface area contributed by atoms with Crippen molar-refractivity contribution in [3.8, 4) is 0 Å². The second-order valence-electron chi connectivity index (χ2n) is 4.53. The van der Waals surface area contributed by atoms with Crippen LogP contribution in [-0.2, 0) is 14.8 Å². The number of hydrogen-bond donors (Lipinski definition) is 1. The Kier molecular flexibility index (Phi) is 3.97. The van der Waals surface area contributed by atoms with Gasteiger partial charge in [-0.15, -0.1) is 0 Å². The second-order valence-corrected chi connectivity index (χ2v) is 6.71. The van der Waals surface area contributed by atoms with E-state index in [2.05, 4.69) is 18.2 Å². The van der Waals surface area contributed by atoms with E-state index >= 15 is 0 Å². The smallest absolute Gasteiger partial charge is 0.339 e. The van der Waals surface area contributed by atoms with Crippen LogP contribution in [0.5, 0.6) is 0 Å². The monoisotopic (exact) mass is 349 g/mol. The number of ether oxygens (including phenoxy) is 1. The van der Waals surface area contributed by atoms with E-state index in [0.717, 1.165) is 11.7 Å². The molecule has 0 aliphatic carbocycles. The number of carbonyl (C=O) groups is 1. The van der Waals surface area contributed by atoms with Crippen LogP contribution in [0.1, 0.15) is 10.4 Å². The fourth-order valence-electron chi connectivity index (χ4n) is 2.06. The van der Waals surface area contributed by atoms with E-state index in [-0.39, 0.29) is 16.1 Å². The van der Waals surface area contributed by atoms with E-state index in [1.807, 2.05) is 0 Å². The van der Waals surface area contributed by atoms with Crippen molar-refractivity contribution in [1.82, 2.24) is 8.75 Å². The number of rotatable bonds is 4. The Balaban J connectivity index is 2.06. The summed E-state index contributed by atoms with van der Waals surface area (Å²) in [6.45, 7) is 0. The molecule has 0 aliphatic rings. The average molecular weight is 349 g/mol. The highest BCUT2D eigenvalue weighted by Crippen LogP contribution is 2.25. The normalized spacial score (nSPS) is 11.3. The molecule has 0 saturated carbocycles. The molecule has 0 saturated heterocycles. The first-order valence-electron chi connectivity index (χ1n) is 6.44. The molecule has 118 valence electrons. The van der Waals surface area contributed by atoms with E-state index < -0.39 is 16.0 Å². The van der Waals surface area contributed by atoms with Crippen LogP contribution in [0.15, 0.2) is 47.4 Å². The average Bonchev–Trinajstić information content (AvgIpc) is 3.02. The van der Waals surface area contributed by atoms with E-state index in [1.165, 1.54) is 25.3 Å². The zero-order chi connectivity index (χ0) is 16.4. The van der Waals surface area contributed by atoms with Gasteiger partial charge in [0.05, 0.1) is 30.1 Å². The van der Waals surface area contributed by atoms with E-state index in [4.69, 9.17) is 0 Å². The summed E-state index contributed by atoms with van der Waals surface area (Å²) in [6.07, 6.45) is 0. The number of hydrogen-bond acceptors (Lipinski definition) is 7. The Morgan fingerprint density at radius 3 is 2.70 bits per heavy atom. The lowest BCUT2D eigenvalue weighted by atomic mass is 10.2. The molecule has 23 heavy (non-hydrogen) atoms. The lowest BCUT2D eigenvalue weighted by Crippen LogP contribution is -2.16. The summed E-state index contributed by atoms with van der Waals surface area (Å²) in [5.41, 5.74) is 1.06. The molecule has 3 aromatic rings. The van der Waals surface area contributed by atoms with Crippen LogP contribution in [0.2, 0.25) is 0 Å². The summed E-state index contributed by atoms with van der Waals surface area (Å²) in [5.74, 6) is -0.628. The van der Waals surface area contributed by atoms with Crippen molar-refractivity contribution in [2.45, 2.75) is 4.90 Å². The minimum Gasteiger partial charge on any atom is -0.465 e. The van der Waals surface area contributed by atoms with Gasteiger partial charge in [0.15, 0.2) is 0 Å². The molecule has 1 aromatic heterocycles. The lowest BCUT2D eigenvalue weighted by Gasteiger charge is -2.11. The van der Waals surface area contributed by atoms with Gasteiger partial charge in [0, 0.05) is 0 Å². The number of esters is 1. The number of anilines is 1. The van der Waals surface area contributed by atoms with Crippen molar-refractivity contribution in [2.24, 2.45) is 0 Å². The van der Waals surface area contributed by atoms with Gasteiger partial charge in [-0.2, -0.15) is 8.75 Å². The highest BCUT2D eigenvalue weighted by molar-refractivity contribution is 7.93. The second kappa shape index (κ2) is 5.94. The molecular weight excluding hydrogens is 338 g/mol. The Labute approximate surface area is 136 Å². The van der Waals surface area contributed by atoms with Gasteiger partial charge in [-0.25, -0.2) is 13.2 Å². The standard InChI is InChI=1S/C14H11N3O4S2/c1-21-14(18)9-5-2-3-6-10(9)17-23(19,20)12-8-4-7-11-13(12)16-22-15-11/h2-8,17H,1H3. The van der Waals surface area contributed by atoms with Crippen LogP contribution >= 0.6 is 11.7 Å². The topological polar surface area (TPSA) is 98.2 Å². The van der Waals surface area contributed by atoms with Gasteiger partial charge in [-0.05, 0) is 24.3 Å². The number of para-hydroxylation sites is 1. The van der Waals surface area contributed by atoms with Crippen molar-refractivity contribution in [3.05, 3.63) is 48.0 Å². The fourth-order valence-corrected chi connectivity index (χ4v) is 3.91. The first-order chi connectivity index (χ1) is 11.0. The maximum atomic E-state index is 12.7. The van der Waals surface area contributed by atoms with Crippen LogP contribution in [0.3, 0.4) is 0 Å². The molecule has 1 heterocycles. The summed E-state index contributed by atoms with van der Waals surface area (Å²) in [5, 5.41) is 0.